The Kier molecular flexibility index (Phi) is 4.78. The summed E-state index contributed by atoms with van der Waals surface area (Å²) in [6.07, 6.45) is 4.98. The van der Waals surface area contributed by atoms with Crippen molar-refractivity contribution in [1.82, 2.24) is 14.9 Å². The predicted molar refractivity (Wildman–Crippen MR) is 104 cm³/mol. The number of fused-ring (bicyclic) bond motifs is 1. The van der Waals surface area contributed by atoms with Crippen LogP contribution in [0.5, 0.6) is 0 Å². The van der Waals surface area contributed by atoms with Crippen LogP contribution in [-0.2, 0) is 4.79 Å². The zero-order chi connectivity index (χ0) is 18.3. The van der Waals surface area contributed by atoms with Gasteiger partial charge in [-0.1, -0.05) is 23.9 Å². The Balaban J connectivity index is 1.51. The number of carbonyl (C=O) groups is 1. The van der Waals surface area contributed by atoms with Gasteiger partial charge in [0, 0.05) is 12.1 Å². The highest BCUT2D eigenvalue weighted by Gasteiger charge is 2.42. The standard InChI is InChI=1S/C20H25N3O2S/c1-12(2)23-19(25)15-5-3-4-6-16(15)21-20(23)26-11-17(24)22-18(13-7-8-13)14-9-10-14/h3-6,12-14,18H,7-11H2,1-2H3,(H,22,24). The van der Waals surface area contributed by atoms with Gasteiger partial charge in [0.25, 0.3) is 5.56 Å². The van der Waals surface area contributed by atoms with Gasteiger partial charge in [-0.05, 0) is 63.5 Å². The molecule has 0 spiro atoms. The van der Waals surface area contributed by atoms with Gasteiger partial charge in [-0.2, -0.15) is 0 Å². The third-order valence-corrected chi connectivity index (χ3v) is 6.16. The van der Waals surface area contributed by atoms with Gasteiger partial charge in [0.1, 0.15) is 0 Å². The van der Waals surface area contributed by atoms with Crippen molar-refractivity contribution >= 4 is 28.6 Å². The van der Waals surface area contributed by atoms with Crippen molar-refractivity contribution < 1.29 is 4.79 Å². The van der Waals surface area contributed by atoms with Gasteiger partial charge < -0.3 is 5.32 Å². The molecule has 0 radical (unpaired) electrons. The van der Waals surface area contributed by atoms with E-state index < -0.39 is 0 Å². The molecule has 6 heteroatoms. The Hall–Kier alpha value is -1.82. The van der Waals surface area contributed by atoms with Gasteiger partial charge in [-0.25, -0.2) is 4.98 Å². The minimum atomic E-state index is -0.0395. The van der Waals surface area contributed by atoms with E-state index in [1.54, 1.807) is 10.6 Å². The summed E-state index contributed by atoms with van der Waals surface area (Å²) >= 11 is 1.36. The van der Waals surface area contributed by atoms with Crippen molar-refractivity contribution in [2.24, 2.45) is 11.8 Å². The number of hydrogen-bond acceptors (Lipinski definition) is 4. The molecule has 138 valence electrons. The molecule has 4 rings (SSSR count). The Morgan fingerprint density at radius 3 is 2.50 bits per heavy atom. The normalized spacial score (nSPS) is 17.2. The van der Waals surface area contributed by atoms with Crippen molar-refractivity contribution in [1.29, 1.82) is 0 Å². The predicted octanol–water partition coefficient (Wildman–Crippen LogP) is 3.37. The van der Waals surface area contributed by atoms with Crippen molar-refractivity contribution in [2.75, 3.05) is 5.75 Å². The second-order valence-electron chi connectivity index (χ2n) is 7.74. The van der Waals surface area contributed by atoms with Gasteiger partial charge in [0.05, 0.1) is 16.7 Å². The molecule has 1 heterocycles. The lowest BCUT2D eigenvalue weighted by Gasteiger charge is -2.19. The SMILES string of the molecule is CC(C)n1c(SCC(=O)NC(C2CC2)C2CC2)nc2ccccc2c1=O. The first-order chi connectivity index (χ1) is 12.5. The molecule has 0 saturated heterocycles. The highest BCUT2D eigenvalue weighted by atomic mass is 32.2. The highest BCUT2D eigenvalue weighted by Crippen LogP contribution is 2.44. The van der Waals surface area contributed by atoms with Crippen molar-refractivity contribution in [2.45, 2.75) is 56.8 Å². The van der Waals surface area contributed by atoms with Crippen molar-refractivity contribution in [3.05, 3.63) is 34.6 Å². The van der Waals surface area contributed by atoms with Crippen molar-refractivity contribution in [3.8, 4) is 0 Å². The van der Waals surface area contributed by atoms with E-state index in [0.29, 0.717) is 39.7 Å². The van der Waals surface area contributed by atoms with Crippen LogP contribution in [0.25, 0.3) is 10.9 Å². The number of hydrogen-bond donors (Lipinski definition) is 1. The highest BCUT2D eigenvalue weighted by molar-refractivity contribution is 7.99. The molecule has 2 aromatic rings. The van der Waals surface area contributed by atoms with E-state index in [2.05, 4.69) is 10.3 Å². The Labute approximate surface area is 157 Å². The summed E-state index contributed by atoms with van der Waals surface area (Å²) in [7, 11) is 0. The number of thioether (sulfide) groups is 1. The molecule has 1 aromatic heterocycles. The lowest BCUT2D eigenvalue weighted by atomic mass is 10.1. The first-order valence-electron chi connectivity index (χ1n) is 9.48. The molecule has 1 N–H and O–H groups in total. The molecule has 2 saturated carbocycles. The van der Waals surface area contributed by atoms with Gasteiger partial charge >= 0.3 is 0 Å². The topological polar surface area (TPSA) is 64.0 Å². The number of amides is 1. The maximum absolute atomic E-state index is 12.8. The molecule has 2 fully saturated rings. The molecule has 1 aromatic carbocycles. The second-order valence-corrected chi connectivity index (χ2v) is 8.68. The molecule has 2 aliphatic rings. The Morgan fingerprint density at radius 1 is 1.23 bits per heavy atom. The van der Waals surface area contributed by atoms with Crippen LogP contribution in [0, 0.1) is 11.8 Å². The van der Waals surface area contributed by atoms with Crippen LogP contribution in [0.15, 0.2) is 34.2 Å². The van der Waals surface area contributed by atoms with Crippen molar-refractivity contribution in [3.63, 3.8) is 0 Å². The van der Waals surface area contributed by atoms with Crippen LogP contribution < -0.4 is 10.9 Å². The summed E-state index contributed by atoms with van der Waals surface area (Å²) in [6.45, 7) is 3.94. The summed E-state index contributed by atoms with van der Waals surface area (Å²) < 4.78 is 1.69. The fourth-order valence-electron chi connectivity index (χ4n) is 3.57. The summed E-state index contributed by atoms with van der Waals surface area (Å²) in [5.74, 6) is 1.72. The number of nitrogens with zero attached hydrogens (tertiary/aromatic N) is 2. The van der Waals surface area contributed by atoms with Crippen LogP contribution in [0.1, 0.15) is 45.6 Å². The minimum Gasteiger partial charge on any atom is -0.352 e. The number of aromatic nitrogens is 2. The Morgan fingerprint density at radius 2 is 1.88 bits per heavy atom. The first-order valence-corrected chi connectivity index (χ1v) is 10.5. The van der Waals surface area contributed by atoms with E-state index in [4.69, 9.17) is 0 Å². The van der Waals surface area contributed by atoms with E-state index in [0.717, 1.165) is 0 Å². The molecular formula is C20H25N3O2S. The smallest absolute Gasteiger partial charge is 0.262 e. The van der Waals surface area contributed by atoms with Crippen LogP contribution in [0.4, 0.5) is 0 Å². The summed E-state index contributed by atoms with van der Waals surface area (Å²) in [4.78, 5) is 29.9. The second kappa shape index (κ2) is 7.06. The zero-order valence-corrected chi connectivity index (χ0v) is 16.1. The number of para-hydroxylation sites is 1. The number of benzene rings is 1. The van der Waals surface area contributed by atoms with E-state index in [1.807, 2.05) is 32.0 Å². The number of rotatable bonds is 7. The van der Waals surface area contributed by atoms with Gasteiger partial charge in [-0.3, -0.25) is 14.2 Å². The molecule has 5 nitrogen and oxygen atoms in total. The molecule has 26 heavy (non-hydrogen) atoms. The van der Waals surface area contributed by atoms with E-state index in [9.17, 15) is 9.59 Å². The molecular weight excluding hydrogens is 346 g/mol. The molecule has 0 bridgehead atoms. The maximum atomic E-state index is 12.8. The van der Waals surface area contributed by atoms with Gasteiger partial charge in [0.2, 0.25) is 5.91 Å². The molecule has 0 atom stereocenters. The third kappa shape index (κ3) is 3.65. The van der Waals surface area contributed by atoms with Crippen LogP contribution in [0.3, 0.4) is 0 Å². The van der Waals surface area contributed by atoms with Crippen LogP contribution >= 0.6 is 11.8 Å². The molecule has 1 amide bonds. The summed E-state index contributed by atoms with van der Waals surface area (Å²) in [6, 6.07) is 7.75. The largest absolute Gasteiger partial charge is 0.352 e. The fourth-order valence-corrected chi connectivity index (χ4v) is 4.51. The zero-order valence-electron chi connectivity index (χ0n) is 15.3. The summed E-state index contributed by atoms with van der Waals surface area (Å²) in [5.41, 5.74) is 0.647. The quantitative estimate of drug-likeness (QED) is 0.599. The average Bonchev–Trinajstić information content (AvgIpc) is 3.51. The van der Waals surface area contributed by atoms with Gasteiger partial charge in [0.15, 0.2) is 5.16 Å². The first kappa shape index (κ1) is 17.6. The fraction of sp³-hybridized carbons (Fsp3) is 0.550. The summed E-state index contributed by atoms with van der Waals surface area (Å²) in [5, 5.41) is 4.48. The van der Waals surface area contributed by atoms with Crippen LogP contribution in [0.2, 0.25) is 0 Å². The maximum Gasteiger partial charge on any atom is 0.262 e. The minimum absolute atomic E-state index is 0.00385. The molecule has 2 aliphatic carbocycles. The van der Waals surface area contributed by atoms with E-state index in [-0.39, 0.29) is 17.5 Å². The lowest BCUT2D eigenvalue weighted by Crippen LogP contribution is -2.39. The van der Waals surface area contributed by atoms with Crippen LogP contribution in [-0.4, -0.2) is 27.3 Å². The van der Waals surface area contributed by atoms with E-state index >= 15 is 0 Å². The van der Waals surface area contributed by atoms with Gasteiger partial charge in [-0.15, -0.1) is 0 Å². The third-order valence-electron chi connectivity index (χ3n) is 5.21. The average molecular weight is 372 g/mol. The lowest BCUT2D eigenvalue weighted by molar-refractivity contribution is -0.119. The van der Waals surface area contributed by atoms with E-state index in [1.165, 1.54) is 37.4 Å². The number of carbonyl (C=O) groups excluding carboxylic acids is 1. The molecule has 0 unspecified atom stereocenters. The molecule has 0 aliphatic heterocycles. The number of nitrogens with one attached hydrogen (secondary N) is 1. The Bertz CT molecular complexity index is 872. The monoisotopic (exact) mass is 371 g/mol.